The van der Waals surface area contributed by atoms with Crippen LogP contribution in [0.4, 0.5) is 5.69 Å². The summed E-state index contributed by atoms with van der Waals surface area (Å²) in [4.78, 5) is 35.7. The van der Waals surface area contributed by atoms with Gasteiger partial charge < -0.3 is 4.74 Å². The molecule has 1 aromatic heterocycles. The van der Waals surface area contributed by atoms with Gasteiger partial charge in [-0.25, -0.2) is 17.9 Å². The smallest absolute Gasteiger partial charge is 0.359 e. The number of esters is 1. The van der Waals surface area contributed by atoms with Crippen LogP contribution in [-0.4, -0.2) is 49.4 Å². The van der Waals surface area contributed by atoms with E-state index in [0.29, 0.717) is 30.6 Å². The zero-order chi connectivity index (χ0) is 20.5. The first kappa shape index (κ1) is 19.7. The molecule has 2 heterocycles. The standard InChI is InChI=1S/C18H19N3O6S/c1-20-17(23)8-6-14(19-20)18(24)27-11-16(22)13-5-7-15-12(10-13)4-3-9-21(15)28(2,25)26/h5-8,10H,3-4,9,11H2,1-2H3. The van der Waals surface area contributed by atoms with E-state index in [-0.39, 0.29) is 11.3 Å². The topological polar surface area (TPSA) is 116 Å². The van der Waals surface area contributed by atoms with Crippen LogP contribution < -0.4 is 9.86 Å². The van der Waals surface area contributed by atoms with Gasteiger partial charge in [-0.1, -0.05) is 0 Å². The van der Waals surface area contributed by atoms with Crippen molar-refractivity contribution in [3.8, 4) is 0 Å². The second-order valence-corrected chi connectivity index (χ2v) is 8.37. The van der Waals surface area contributed by atoms with Crippen molar-refractivity contribution in [1.82, 2.24) is 9.78 Å². The number of carbonyl (C=O) groups is 2. The SMILES string of the molecule is Cn1nc(C(=O)OCC(=O)c2ccc3c(c2)CCCN3S(C)(=O)=O)ccc1=O. The summed E-state index contributed by atoms with van der Waals surface area (Å²) in [6.45, 7) is -0.0821. The summed E-state index contributed by atoms with van der Waals surface area (Å²) >= 11 is 0. The Hall–Kier alpha value is -3.01. The number of aryl methyl sites for hydroxylation is 2. The maximum Gasteiger partial charge on any atom is 0.359 e. The molecule has 0 atom stereocenters. The third-order valence-electron chi connectivity index (χ3n) is 4.38. The molecule has 0 spiro atoms. The number of nitrogens with zero attached hydrogens (tertiary/aromatic N) is 3. The minimum atomic E-state index is -3.38. The molecule has 0 N–H and O–H groups in total. The van der Waals surface area contributed by atoms with Crippen molar-refractivity contribution in [2.45, 2.75) is 12.8 Å². The summed E-state index contributed by atoms with van der Waals surface area (Å²) in [6.07, 6.45) is 2.46. The lowest BCUT2D eigenvalue weighted by atomic mass is 9.99. The van der Waals surface area contributed by atoms with Gasteiger partial charge >= 0.3 is 5.97 Å². The number of carbonyl (C=O) groups excluding carboxylic acids is 2. The Morgan fingerprint density at radius 2 is 1.96 bits per heavy atom. The third-order valence-corrected chi connectivity index (χ3v) is 5.56. The number of rotatable bonds is 5. The van der Waals surface area contributed by atoms with Crippen LogP contribution in [0.3, 0.4) is 0 Å². The minimum absolute atomic E-state index is 0.0795. The van der Waals surface area contributed by atoms with E-state index >= 15 is 0 Å². The molecule has 0 saturated heterocycles. The maximum absolute atomic E-state index is 12.4. The largest absolute Gasteiger partial charge is 0.453 e. The average Bonchev–Trinajstić information content (AvgIpc) is 2.66. The molecule has 1 aliphatic rings. The Morgan fingerprint density at radius 3 is 2.64 bits per heavy atom. The van der Waals surface area contributed by atoms with Gasteiger partial charge in [0.15, 0.2) is 18.1 Å². The van der Waals surface area contributed by atoms with E-state index in [1.807, 2.05) is 0 Å². The van der Waals surface area contributed by atoms with Gasteiger partial charge in [0.25, 0.3) is 5.56 Å². The first-order chi connectivity index (χ1) is 13.2. The van der Waals surface area contributed by atoms with Gasteiger partial charge in [0.05, 0.1) is 11.9 Å². The normalized spacial score (nSPS) is 13.7. The molecule has 28 heavy (non-hydrogen) atoms. The first-order valence-corrected chi connectivity index (χ1v) is 10.4. The van der Waals surface area contributed by atoms with E-state index in [9.17, 15) is 22.8 Å². The second kappa shape index (κ2) is 7.55. The van der Waals surface area contributed by atoms with Gasteiger partial charge in [0.1, 0.15) is 0 Å². The van der Waals surface area contributed by atoms with Crippen molar-refractivity contribution < 1.29 is 22.7 Å². The predicted molar refractivity (Wildman–Crippen MR) is 101 cm³/mol. The molecule has 3 rings (SSSR count). The molecular weight excluding hydrogens is 386 g/mol. The van der Waals surface area contributed by atoms with Crippen LogP contribution in [0, 0.1) is 0 Å². The molecule has 9 nitrogen and oxygen atoms in total. The van der Waals surface area contributed by atoms with Crippen molar-refractivity contribution in [3.05, 3.63) is 57.5 Å². The van der Waals surface area contributed by atoms with Gasteiger partial charge in [0.2, 0.25) is 10.0 Å². The highest BCUT2D eigenvalue weighted by Gasteiger charge is 2.25. The number of hydrogen-bond donors (Lipinski definition) is 0. The van der Waals surface area contributed by atoms with Crippen LogP contribution >= 0.6 is 0 Å². The fourth-order valence-electron chi connectivity index (χ4n) is 2.98. The second-order valence-electron chi connectivity index (χ2n) is 6.46. The van der Waals surface area contributed by atoms with Crippen molar-refractivity contribution in [1.29, 1.82) is 0 Å². The summed E-state index contributed by atoms with van der Waals surface area (Å²) < 4.78 is 31.1. The summed E-state index contributed by atoms with van der Waals surface area (Å²) in [5.41, 5.74) is 1.20. The van der Waals surface area contributed by atoms with Gasteiger partial charge in [-0.15, -0.1) is 0 Å². The molecule has 0 fully saturated rings. The number of sulfonamides is 1. The Bertz CT molecular complexity index is 1110. The molecule has 1 aromatic carbocycles. The highest BCUT2D eigenvalue weighted by Crippen LogP contribution is 2.30. The van der Waals surface area contributed by atoms with Crippen LogP contribution in [0.5, 0.6) is 0 Å². The molecule has 2 aromatic rings. The molecular formula is C18H19N3O6S. The van der Waals surface area contributed by atoms with Gasteiger partial charge in [-0.3, -0.25) is 13.9 Å². The van der Waals surface area contributed by atoms with Gasteiger partial charge in [0, 0.05) is 25.2 Å². The minimum Gasteiger partial charge on any atom is -0.453 e. The quantitative estimate of drug-likeness (QED) is 0.526. The lowest BCUT2D eigenvalue weighted by Crippen LogP contribution is -2.34. The Kier molecular flexibility index (Phi) is 5.32. The van der Waals surface area contributed by atoms with E-state index in [2.05, 4.69) is 5.10 Å². The first-order valence-electron chi connectivity index (χ1n) is 8.52. The van der Waals surface area contributed by atoms with Crippen LogP contribution in [0.2, 0.25) is 0 Å². The van der Waals surface area contributed by atoms with E-state index < -0.39 is 28.4 Å². The molecule has 10 heteroatoms. The summed E-state index contributed by atoms with van der Waals surface area (Å²) in [5, 5.41) is 3.77. The summed E-state index contributed by atoms with van der Waals surface area (Å²) in [7, 11) is -1.98. The van der Waals surface area contributed by atoms with Crippen molar-refractivity contribution in [2.75, 3.05) is 23.7 Å². The average molecular weight is 405 g/mol. The van der Waals surface area contributed by atoms with E-state index in [1.165, 1.54) is 29.6 Å². The fraction of sp³-hybridized carbons (Fsp3) is 0.333. The van der Waals surface area contributed by atoms with Crippen molar-refractivity contribution in [2.24, 2.45) is 7.05 Å². The number of hydrogen-bond acceptors (Lipinski definition) is 7. The summed E-state index contributed by atoms with van der Waals surface area (Å²) in [6, 6.07) is 7.16. The molecule has 0 unspecified atom stereocenters. The van der Waals surface area contributed by atoms with Crippen LogP contribution in [0.15, 0.2) is 35.1 Å². The van der Waals surface area contributed by atoms with Crippen molar-refractivity contribution >= 4 is 27.5 Å². The number of ether oxygens (including phenoxy) is 1. The number of Topliss-reactive ketones (excluding diaryl/α,β-unsaturated/α-hetero) is 1. The Morgan fingerprint density at radius 1 is 1.21 bits per heavy atom. The fourth-order valence-corrected chi connectivity index (χ4v) is 3.98. The molecule has 0 saturated carbocycles. The maximum atomic E-state index is 12.4. The number of ketones is 1. The van der Waals surface area contributed by atoms with Crippen molar-refractivity contribution in [3.63, 3.8) is 0 Å². The molecule has 0 amide bonds. The highest BCUT2D eigenvalue weighted by atomic mass is 32.2. The summed E-state index contributed by atoms with van der Waals surface area (Å²) in [5.74, 6) is -1.23. The van der Waals surface area contributed by atoms with Crippen LogP contribution in [0.1, 0.15) is 32.8 Å². The van der Waals surface area contributed by atoms with Gasteiger partial charge in [-0.05, 0) is 42.7 Å². The lowest BCUT2D eigenvalue weighted by molar-refractivity contribution is 0.0466. The highest BCUT2D eigenvalue weighted by molar-refractivity contribution is 7.92. The molecule has 0 radical (unpaired) electrons. The van der Waals surface area contributed by atoms with Crippen LogP contribution in [-0.2, 0) is 28.2 Å². The van der Waals surface area contributed by atoms with E-state index in [4.69, 9.17) is 4.74 Å². The molecule has 0 aliphatic carbocycles. The Labute approximate surface area is 161 Å². The monoisotopic (exact) mass is 405 g/mol. The third kappa shape index (κ3) is 4.11. The van der Waals surface area contributed by atoms with Crippen LogP contribution in [0.25, 0.3) is 0 Å². The van der Waals surface area contributed by atoms with E-state index in [0.717, 1.165) is 16.5 Å². The lowest BCUT2D eigenvalue weighted by Gasteiger charge is -2.29. The Balaban J connectivity index is 1.72. The van der Waals surface area contributed by atoms with Gasteiger partial charge in [-0.2, -0.15) is 5.10 Å². The van der Waals surface area contributed by atoms with E-state index in [1.54, 1.807) is 12.1 Å². The zero-order valence-corrected chi connectivity index (χ0v) is 16.2. The number of benzene rings is 1. The number of aromatic nitrogens is 2. The predicted octanol–water partition coefficient (Wildman–Crippen LogP) is 0.532. The number of anilines is 1. The molecule has 148 valence electrons. The molecule has 0 bridgehead atoms. The number of fused-ring (bicyclic) bond motifs is 1. The molecule has 1 aliphatic heterocycles. The zero-order valence-electron chi connectivity index (χ0n) is 15.4.